The molecule has 2 heteroatoms. The van der Waals surface area contributed by atoms with E-state index in [0.717, 1.165) is 6.42 Å². The molecule has 0 aromatic carbocycles. The Balaban J connectivity index is 2.28. The van der Waals surface area contributed by atoms with E-state index in [0.29, 0.717) is 15.1 Å². The van der Waals surface area contributed by atoms with Gasteiger partial charge in [-0.2, -0.15) is 0 Å². The molecule has 9 heavy (non-hydrogen) atoms. The molecule has 0 spiro atoms. The number of Topliss-reactive ketones (excluding diaryl/α,β-unsaturated/α-hetero) is 1. The fourth-order valence-electron chi connectivity index (χ4n) is 1.97. The minimum Gasteiger partial charge on any atom is -0.299 e. The molecule has 0 amide bonds. The highest BCUT2D eigenvalue weighted by atomic mass is 127. The summed E-state index contributed by atoms with van der Waals surface area (Å²) < 4.78 is 0.402. The monoisotopic (exact) mass is 236 g/mol. The summed E-state index contributed by atoms with van der Waals surface area (Å²) >= 11 is 2.47. The van der Waals surface area contributed by atoms with Crippen LogP contribution in [0.25, 0.3) is 0 Å². The Labute approximate surface area is 68.3 Å². The number of fused-ring (bicyclic) bond motifs is 2. The molecular formula is C7H9IO. The lowest BCUT2D eigenvalue weighted by Crippen LogP contribution is -2.16. The van der Waals surface area contributed by atoms with Crippen LogP contribution in [0, 0.1) is 5.92 Å². The number of halogens is 1. The molecular weight excluding hydrogens is 227 g/mol. The van der Waals surface area contributed by atoms with Gasteiger partial charge in [0.15, 0.2) is 0 Å². The Morgan fingerprint density at radius 3 is 2.67 bits per heavy atom. The summed E-state index contributed by atoms with van der Waals surface area (Å²) in [5, 5.41) is 0. The highest BCUT2D eigenvalue weighted by Gasteiger charge is 2.48. The first-order valence-electron chi connectivity index (χ1n) is 3.41. The first-order valence-corrected chi connectivity index (χ1v) is 4.49. The molecule has 2 aliphatic carbocycles. The predicted octanol–water partition coefficient (Wildman–Crippen LogP) is 1.93. The highest BCUT2D eigenvalue weighted by Crippen LogP contribution is 2.51. The number of rotatable bonds is 0. The Bertz CT molecular complexity index is 166. The summed E-state index contributed by atoms with van der Waals surface area (Å²) in [5.74, 6) is 0.984. The molecule has 0 radical (unpaired) electrons. The second kappa shape index (κ2) is 1.71. The van der Waals surface area contributed by atoms with Crippen LogP contribution in [0.2, 0.25) is 0 Å². The summed E-state index contributed by atoms with van der Waals surface area (Å²) in [7, 11) is 0. The van der Waals surface area contributed by atoms with Gasteiger partial charge < -0.3 is 0 Å². The van der Waals surface area contributed by atoms with Gasteiger partial charge in [0, 0.05) is 15.8 Å². The number of hydrogen-bond donors (Lipinski definition) is 0. The number of carbonyl (C=O) groups excluding carboxylic acids is 1. The highest BCUT2D eigenvalue weighted by molar-refractivity contribution is 14.1. The largest absolute Gasteiger partial charge is 0.299 e. The van der Waals surface area contributed by atoms with Crippen molar-refractivity contribution in [3.8, 4) is 0 Å². The Morgan fingerprint density at radius 1 is 1.67 bits per heavy atom. The van der Waals surface area contributed by atoms with Crippen LogP contribution in [0.3, 0.4) is 0 Å². The van der Waals surface area contributed by atoms with Gasteiger partial charge in [-0.15, -0.1) is 0 Å². The summed E-state index contributed by atoms with van der Waals surface area (Å²) in [6.07, 6.45) is 4.48. The fraction of sp³-hybridized carbons (Fsp3) is 0.857. The first kappa shape index (κ1) is 6.13. The van der Waals surface area contributed by atoms with Gasteiger partial charge in [0.1, 0.15) is 5.78 Å². The fourth-order valence-corrected chi connectivity index (χ4v) is 3.19. The van der Waals surface area contributed by atoms with E-state index in [-0.39, 0.29) is 0 Å². The van der Waals surface area contributed by atoms with Crippen molar-refractivity contribution >= 4 is 28.4 Å². The van der Waals surface area contributed by atoms with Crippen LogP contribution in [0.4, 0.5) is 0 Å². The minimum atomic E-state index is 0.402. The van der Waals surface area contributed by atoms with Crippen molar-refractivity contribution in [3.05, 3.63) is 0 Å². The molecule has 0 aliphatic heterocycles. The van der Waals surface area contributed by atoms with Crippen LogP contribution in [0.1, 0.15) is 25.7 Å². The van der Waals surface area contributed by atoms with Crippen LogP contribution in [0.5, 0.6) is 0 Å². The van der Waals surface area contributed by atoms with Crippen molar-refractivity contribution in [1.29, 1.82) is 0 Å². The smallest absolute Gasteiger partial charge is 0.137 e. The third-order valence-corrected chi connectivity index (χ3v) is 3.86. The summed E-state index contributed by atoms with van der Waals surface area (Å²) in [4.78, 5) is 11.0. The van der Waals surface area contributed by atoms with E-state index in [4.69, 9.17) is 0 Å². The van der Waals surface area contributed by atoms with Crippen molar-refractivity contribution in [2.75, 3.05) is 0 Å². The minimum absolute atomic E-state index is 0.402. The van der Waals surface area contributed by atoms with Gasteiger partial charge in [-0.05, 0) is 19.3 Å². The van der Waals surface area contributed by atoms with Gasteiger partial charge in [-0.3, -0.25) is 4.79 Å². The molecule has 2 aliphatic rings. The number of alkyl halides is 1. The summed E-state index contributed by atoms with van der Waals surface area (Å²) in [6, 6.07) is 0. The molecule has 2 bridgehead atoms. The molecule has 0 saturated heterocycles. The SMILES string of the molecule is O=C1CC2(I)CCC1C2. The van der Waals surface area contributed by atoms with Crippen molar-refractivity contribution in [2.45, 2.75) is 29.1 Å². The molecule has 2 fully saturated rings. The van der Waals surface area contributed by atoms with Gasteiger partial charge in [-0.25, -0.2) is 0 Å². The topological polar surface area (TPSA) is 17.1 Å². The molecule has 0 heterocycles. The third-order valence-electron chi connectivity index (χ3n) is 2.50. The van der Waals surface area contributed by atoms with Crippen molar-refractivity contribution < 1.29 is 4.79 Å². The number of hydrogen-bond acceptors (Lipinski definition) is 1. The Morgan fingerprint density at radius 2 is 2.44 bits per heavy atom. The van der Waals surface area contributed by atoms with E-state index in [1.807, 2.05) is 0 Å². The molecule has 2 saturated carbocycles. The molecule has 50 valence electrons. The van der Waals surface area contributed by atoms with E-state index >= 15 is 0 Å². The summed E-state index contributed by atoms with van der Waals surface area (Å²) in [6.45, 7) is 0. The number of carbonyl (C=O) groups is 1. The van der Waals surface area contributed by atoms with E-state index in [1.165, 1.54) is 19.3 Å². The maximum atomic E-state index is 11.0. The molecule has 2 atom stereocenters. The molecule has 2 rings (SSSR count). The second-order valence-corrected chi connectivity index (χ2v) is 5.52. The molecule has 1 nitrogen and oxygen atoms in total. The van der Waals surface area contributed by atoms with Gasteiger partial charge in [0.05, 0.1) is 0 Å². The maximum absolute atomic E-state index is 11.0. The van der Waals surface area contributed by atoms with Crippen LogP contribution in [-0.2, 0) is 4.79 Å². The van der Waals surface area contributed by atoms with Crippen LogP contribution in [0.15, 0.2) is 0 Å². The van der Waals surface area contributed by atoms with Crippen LogP contribution >= 0.6 is 22.6 Å². The van der Waals surface area contributed by atoms with E-state index < -0.39 is 0 Å². The van der Waals surface area contributed by atoms with Crippen LogP contribution < -0.4 is 0 Å². The second-order valence-electron chi connectivity index (χ2n) is 3.23. The zero-order chi connectivity index (χ0) is 6.48. The Hall–Kier alpha value is 0.400. The average Bonchev–Trinajstić information content (AvgIpc) is 2.20. The zero-order valence-corrected chi connectivity index (χ0v) is 7.35. The van der Waals surface area contributed by atoms with Gasteiger partial charge in [0.25, 0.3) is 0 Å². The average molecular weight is 236 g/mol. The lowest BCUT2D eigenvalue weighted by atomic mass is 10.00. The predicted molar refractivity (Wildman–Crippen MR) is 43.7 cm³/mol. The van der Waals surface area contributed by atoms with Crippen molar-refractivity contribution in [1.82, 2.24) is 0 Å². The lowest BCUT2D eigenvalue weighted by molar-refractivity contribution is -0.121. The third kappa shape index (κ3) is 0.827. The number of ketones is 1. The van der Waals surface area contributed by atoms with Crippen LogP contribution in [-0.4, -0.2) is 9.20 Å². The Kier molecular flexibility index (Phi) is 1.17. The van der Waals surface area contributed by atoms with Crippen molar-refractivity contribution in [2.24, 2.45) is 5.92 Å². The van der Waals surface area contributed by atoms with Gasteiger partial charge in [-0.1, -0.05) is 22.6 Å². The molecule has 2 unspecified atom stereocenters. The van der Waals surface area contributed by atoms with Gasteiger partial charge >= 0.3 is 0 Å². The zero-order valence-electron chi connectivity index (χ0n) is 5.19. The molecule has 0 N–H and O–H groups in total. The first-order chi connectivity index (χ1) is 4.20. The normalized spacial score (nSPS) is 48.6. The quantitative estimate of drug-likeness (QED) is 0.464. The summed E-state index contributed by atoms with van der Waals surface area (Å²) in [5.41, 5.74) is 0. The maximum Gasteiger partial charge on any atom is 0.137 e. The van der Waals surface area contributed by atoms with E-state index in [2.05, 4.69) is 22.6 Å². The molecule has 0 aromatic heterocycles. The lowest BCUT2D eigenvalue weighted by Gasteiger charge is -2.15. The standard InChI is InChI=1S/C7H9IO/c8-7-2-1-5(3-7)6(9)4-7/h5H,1-4H2. The van der Waals surface area contributed by atoms with E-state index in [1.54, 1.807) is 0 Å². The van der Waals surface area contributed by atoms with Crippen molar-refractivity contribution in [3.63, 3.8) is 0 Å². The van der Waals surface area contributed by atoms with E-state index in [9.17, 15) is 4.79 Å². The molecule has 0 aromatic rings. The van der Waals surface area contributed by atoms with Gasteiger partial charge in [0.2, 0.25) is 0 Å².